The van der Waals surface area contributed by atoms with Crippen molar-refractivity contribution in [2.24, 2.45) is 0 Å². The fourth-order valence-electron chi connectivity index (χ4n) is 4.92. The second-order valence-electron chi connectivity index (χ2n) is 8.58. The summed E-state index contributed by atoms with van der Waals surface area (Å²) in [6.45, 7) is 2.11. The van der Waals surface area contributed by atoms with Crippen LogP contribution in [0.25, 0.3) is 0 Å². The first-order chi connectivity index (χ1) is 16.3. The summed E-state index contributed by atoms with van der Waals surface area (Å²) < 4.78 is 40.6. The minimum absolute atomic E-state index is 0.0465. The number of sulfone groups is 1. The molecule has 0 N–H and O–H groups in total. The van der Waals surface area contributed by atoms with Crippen LogP contribution >= 0.6 is 0 Å². The van der Waals surface area contributed by atoms with Gasteiger partial charge < -0.3 is 4.90 Å². The van der Waals surface area contributed by atoms with Crippen LogP contribution in [-0.2, 0) is 37.3 Å². The molecule has 0 radical (unpaired) electrons. The van der Waals surface area contributed by atoms with Crippen molar-refractivity contribution in [3.8, 4) is 0 Å². The van der Waals surface area contributed by atoms with Crippen LogP contribution in [0.2, 0.25) is 0 Å². The Morgan fingerprint density at radius 3 is 2.24 bits per heavy atom. The number of hydrogen-bond donors (Lipinski definition) is 0. The first-order valence-corrected chi connectivity index (χ1v) is 12.7. The summed E-state index contributed by atoms with van der Waals surface area (Å²) >= 11 is 0. The van der Waals surface area contributed by atoms with E-state index in [9.17, 15) is 22.4 Å². The standard InChI is InChI=1S/C26H23FN2O4S/c1-2-5-18-10-14-21(15-11-18)29-24(30)17-34(32,33)26(29)22-6-3-4-7-23(22)28(25(26)31)16-19-8-12-20(27)13-9-19/h3-4,6-15H,2,5,16-17H2,1H3. The smallest absolute Gasteiger partial charge is 0.274 e. The fraction of sp³-hybridized carbons (Fsp3) is 0.231. The van der Waals surface area contributed by atoms with Crippen LogP contribution in [0.1, 0.15) is 30.0 Å². The zero-order chi connectivity index (χ0) is 24.1. The third-order valence-corrected chi connectivity index (χ3v) is 8.51. The summed E-state index contributed by atoms with van der Waals surface area (Å²) in [5.41, 5.74) is 2.73. The van der Waals surface area contributed by atoms with Crippen LogP contribution in [0.5, 0.6) is 0 Å². The van der Waals surface area contributed by atoms with Gasteiger partial charge in [0.25, 0.3) is 10.8 Å². The molecule has 0 aromatic heterocycles. The number of amides is 2. The van der Waals surface area contributed by atoms with E-state index in [4.69, 9.17) is 0 Å². The van der Waals surface area contributed by atoms with E-state index >= 15 is 0 Å². The Bertz CT molecular complexity index is 1390. The Labute approximate surface area is 197 Å². The third kappa shape index (κ3) is 3.16. The van der Waals surface area contributed by atoms with E-state index in [1.807, 2.05) is 12.1 Å². The van der Waals surface area contributed by atoms with Crippen molar-refractivity contribution in [2.75, 3.05) is 15.6 Å². The summed E-state index contributed by atoms with van der Waals surface area (Å²) in [6, 6.07) is 19.4. The topological polar surface area (TPSA) is 74.8 Å². The lowest BCUT2D eigenvalue weighted by Gasteiger charge is -2.32. The number of rotatable bonds is 5. The van der Waals surface area contributed by atoms with Crippen molar-refractivity contribution in [3.63, 3.8) is 0 Å². The van der Waals surface area contributed by atoms with Gasteiger partial charge in [-0.15, -0.1) is 0 Å². The van der Waals surface area contributed by atoms with Gasteiger partial charge in [0.1, 0.15) is 11.6 Å². The molecule has 34 heavy (non-hydrogen) atoms. The third-order valence-electron chi connectivity index (χ3n) is 6.41. The van der Waals surface area contributed by atoms with Crippen LogP contribution in [0, 0.1) is 5.82 Å². The number of nitrogens with zero attached hydrogens (tertiary/aromatic N) is 2. The number of carbonyl (C=O) groups excluding carboxylic acids is 2. The van der Waals surface area contributed by atoms with E-state index in [0.717, 1.165) is 23.3 Å². The monoisotopic (exact) mass is 478 g/mol. The molecule has 3 aromatic rings. The average Bonchev–Trinajstić information content (AvgIpc) is 3.19. The maximum Gasteiger partial charge on any atom is 0.274 e. The first kappa shape index (κ1) is 22.3. The Morgan fingerprint density at radius 2 is 1.56 bits per heavy atom. The van der Waals surface area contributed by atoms with Crippen LogP contribution < -0.4 is 9.80 Å². The van der Waals surface area contributed by atoms with Crippen molar-refractivity contribution in [2.45, 2.75) is 31.2 Å². The van der Waals surface area contributed by atoms with E-state index in [0.29, 0.717) is 16.9 Å². The highest BCUT2D eigenvalue weighted by Gasteiger charge is 2.69. The normalized spacial score (nSPS) is 20.9. The van der Waals surface area contributed by atoms with E-state index in [1.54, 1.807) is 48.5 Å². The lowest BCUT2D eigenvalue weighted by molar-refractivity contribution is -0.123. The Morgan fingerprint density at radius 1 is 0.912 bits per heavy atom. The SMILES string of the molecule is CCCc1ccc(N2C(=O)CS(=O)(=O)C23C(=O)N(Cc2ccc(F)cc2)c2ccccc23)cc1. The molecule has 0 aliphatic carbocycles. The number of hydrogen-bond acceptors (Lipinski definition) is 4. The van der Waals surface area contributed by atoms with Gasteiger partial charge in [0.2, 0.25) is 5.91 Å². The molecule has 6 nitrogen and oxygen atoms in total. The maximum absolute atomic E-state index is 14.1. The predicted molar refractivity (Wildman–Crippen MR) is 127 cm³/mol. The Hall–Kier alpha value is -3.52. The summed E-state index contributed by atoms with van der Waals surface area (Å²) in [5, 5.41) is 0. The second-order valence-corrected chi connectivity index (χ2v) is 10.7. The van der Waals surface area contributed by atoms with Crippen molar-refractivity contribution >= 4 is 33.0 Å². The van der Waals surface area contributed by atoms with Gasteiger partial charge in [-0.25, -0.2) is 12.8 Å². The number of para-hydroxylation sites is 1. The molecule has 1 unspecified atom stereocenters. The molecule has 8 heteroatoms. The van der Waals surface area contributed by atoms with Gasteiger partial charge in [-0.2, -0.15) is 0 Å². The van der Waals surface area contributed by atoms with Crippen LogP contribution in [0.15, 0.2) is 72.8 Å². The molecule has 2 aliphatic heterocycles. The maximum atomic E-state index is 14.1. The Kier molecular flexibility index (Phi) is 5.28. The molecule has 0 bridgehead atoms. The van der Waals surface area contributed by atoms with Crippen LogP contribution in [0.4, 0.5) is 15.8 Å². The molecule has 5 rings (SSSR count). The summed E-state index contributed by atoms with van der Waals surface area (Å²) in [5.74, 6) is -2.51. The highest BCUT2D eigenvalue weighted by Crippen LogP contribution is 2.52. The molecule has 3 aromatic carbocycles. The van der Waals surface area contributed by atoms with Crippen LogP contribution in [0.3, 0.4) is 0 Å². The molecule has 2 amide bonds. The van der Waals surface area contributed by atoms with Gasteiger partial charge >= 0.3 is 0 Å². The van der Waals surface area contributed by atoms with E-state index in [1.165, 1.54) is 17.0 Å². The highest BCUT2D eigenvalue weighted by molar-refractivity contribution is 7.94. The minimum atomic E-state index is -4.22. The number of fused-ring (bicyclic) bond motifs is 2. The van der Waals surface area contributed by atoms with E-state index in [-0.39, 0.29) is 12.1 Å². The molecule has 1 saturated heterocycles. The fourth-order valence-corrected chi connectivity index (χ4v) is 6.95. The number of anilines is 2. The zero-order valence-electron chi connectivity index (χ0n) is 18.6. The summed E-state index contributed by atoms with van der Waals surface area (Å²) in [6.07, 6.45) is 1.80. The number of benzene rings is 3. The molecule has 2 heterocycles. The first-order valence-electron chi connectivity index (χ1n) is 11.1. The molecule has 0 saturated carbocycles. The van der Waals surface area contributed by atoms with E-state index in [2.05, 4.69) is 6.92 Å². The number of halogens is 1. The molecular formula is C26H23FN2O4S. The van der Waals surface area contributed by atoms with Gasteiger partial charge in [0, 0.05) is 11.3 Å². The molecular weight excluding hydrogens is 455 g/mol. The summed E-state index contributed by atoms with van der Waals surface area (Å²) in [4.78, 5) is 27.5. The van der Waals surface area contributed by atoms with Crippen molar-refractivity contribution in [1.82, 2.24) is 0 Å². The average molecular weight is 479 g/mol. The van der Waals surface area contributed by atoms with E-state index < -0.39 is 38.1 Å². The molecule has 2 aliphatic rings. The Balaban J connectivity index is 1.67. The molecule has 1 fully saturated rings. The largest absolute Gasteiger partial charge is 0.304 e. The highest BCUT2D eigenvalue weighted by atomic mass is 32.2. The lowest BCUT2D eigenvalue weighted by Crippen LogP contribution is -2.54. The molecule has 1 spiro atoms. The van der Waals surface area contributed by atoms with Crippen molar-refractivity contribution < 1.29 is 22.4 Å². The summed E-state index contributed by atoms with van der Waals surface area (Å²) in [7, 11) is -4.22. The van der Waals surface area contributed by atoms with Gasteiger partial charge in [-0.1, -0.05) is 55.8 Å². The van der Waals surface area contributed by atoms with Gasteiger partial charge in [0.05, 0.1) is 12.2 Å². The van der Waals surface area contributed by atoms with Crippen molar-refractivity contribution in [3.05, 3.63) is 95.3 Å². The predicted octanol–water partition coefficient (Wildman–Crippen LogP) is 3.94. The molecule has 174 valence electrons. The molecule has 1 atom stereocenters. The van der Waals surface area contributed by atoms with Gasteiger partial charge in [-0.3, -0.25) is 14.5 Å². The van der Waals surface area contributed by atoms with Crippen LogP contribution in [-0.4, -0.2) is 26.0 Å². The quantitative estimate of drug-likeness (QED) is 0.557. The number of aryl methyl sites for hydroxylation is 1. The van der Waals surface area contributed by atoms with Gasteiger partial charge in [0.15, 0.2) is 9.84 Å². The van der Waals surface area contributed by atoms with Gasteiger partial charge in [-0.05, 0) is 47.9 Å². The van der Waals surface area contributed by atoms with Crippen molar-refractivity contribution in [1.29, 1.82) is 0 Å². The number of carbonyl (C=O) groups is 2. The lowest BCUT2D eigenvalue weighted by atomic mass is 10.0. The second kappa shape index (κ2) is 8.06. The minimum Gasteiger partial charge on any atom is -0.304 e. The zero-order valence-corrected chi connectivity index (χ0v) is 19.4.